The molecule has 0 fully saturated rings. The smallest absolute Gasteiger partial charge is 0.408 e. The Balaban J connectivity index is 2.53. The Hall–Kier alpha value is -3.88. The summed E-state index contributed by atoms with van der Waals surface area (Å²) in [6.45, 7) is 17.7. The zero-order valence-electron chi connectivity index (χ0n) is 27.4. The number of aryl methyl sites for hydroxylation is 2. The molecule has 0 aliphatic carbocycles. The van der Waals surface area contributed by atoms with Crippen LogP contribution in [0.3, 0.4) is 0 Å². The van der Waals surface area contributed by atoms with Gasteiger partial charge >= 0.3 is 12.1 Å². The summed E-state index contributed by atoms with van der Waals surface area (Å²) >= 11 is 0. The van der Waals surface area contributed by atoms with Crippen LogP contribution in [0.2, 0.25) is 0 Å². The minimum atomic E-state index is -1.08. The minimum Gasteiger partial charge on any atom is -0.458 e. The first-order valence-corrected chi connectivity index (χ1v) is 14.8. The Morgan fingerprint density at radius 2 is 1.42 bits per heavy atom. The molecule has 2 rings (SSSR count). The van der Waals surface area contributed by atoms with E-state index in [2.05, 4.69) is 10.6 Å². The third-order valence-electron chi connectivity index (χ3n) is 6.51. The molecule has 2 N–H and O–H groups in total. The fourth-order valence-corrected chi connectivity index (χ4v) is 4.67. The van der Waals surface area contributed by atoms with Crippen LogP contribution in [0.5, 0.6) is 0 Å². The standard InChI is InChI=1S/C34H49N3O6/c1-11-24(4)37(28(38)21-35-32(41)43-34(8,9)10)29(26-18-22(2)17-23(3)19-26)30(39)36-27(31(40)42-33(5,6)7)20-25-15-13-12-14-16-25/h12-19,24,27,29H,11,20-21H2,1-10H3,(H,35,41)(H,36,39). The van der Waals surface area contributed by atoms with Crippen LogP contribution in [0.4, 0.5) is 4.79 Å². The van der Waals surface area contributed by atoms with Crippen LogP contribution in [0.1, 0.15) is 90.1 Å². The van der Waals surface area contributed by atoms with E-state index in [9.17, 15) is 19.2 Å². The van der Waals surface area contributed by atoms with Gasteiger partial charge in [0.25, 0.3) is 0 Å². The van der Waals surface area contributed by atoms with Crippen molar-refractivity contribution in [3.05, 3.63) is 70.8 Å². The van der Waals surface area contributed by atoms with Crippen LogP contribution in [0.15, 0.2) is 48.5 Å². The maximum Gasteiger partial charge on any atom is 0.408 e. The number of hydrogen-bond acceptors (Lipinski definition) is 6. The van der Waals surface area contributed by atoms with Crippen molar-refractivity contribution < 1.29 is 28.7 Å². The van der Waals surface area contributed by atoms with Gasteiger partial charge in [-0.15, -0.1) is 0 Å². The lowest BCUT2D eigenvalue weighted by atomic mass is 9.96. The van der Waals surface area contributed by atoms with Gasteiger partial charge in [0.05, 0.1) is 0 Å². The second-order valence-corrected chi connectivity index (χ2v) is 13.0. The molecule has 3 unspecified atom stereocenters. The molecule has 236 valence electrons. The van der Waals surface area contributed by atoms with Crippen molar-refractivity contribution in [2.24, 2.45) is 0 Å². The van der Waals surface area contributed by atoms with E-state index in [1.54, 1.807) is 41.5 Å². The second kappa shape index (κ2) is 15.0. The fourth-order valence-electron chi connectivity index (χ4n) is 4.67. The largest absolute Gasteiger partial charge is 0.458 e. The SMILES string of the molecule is CCC(C)N(C(=O)CNC(=O)OC(C)(C)C)C(C(=O)NC(Cc1ccccc1)C(=O)OC(C)(C)C)c1cc(C)cc(C)c1. The summed E-state index contributed by atoms with van der Waals surface area (Å²) in [5.41, 5.74) is 1.78. The highest BCUT2D eigenvalue weighted by Gasteiger charge is 2.37. The Kier molecular flexibility index (Phi) is 12.3. The van der Waals surface area contributed by atoms with Gasteiger partial charge in [-0.05, 0) is 79.9 Å². The predicted octanol–water partition coefficient (Wildman–Crippen LogP) is 5.57. The number of esters is 1. The number of ether oxygens (including phenoxy) is 2. The number of nitrogens with zero attached hydrogens (tertiary/aromatic N) is 1. The first-order valence-electron chi connectivity index (χ1n) is 14.8. The molecule has 0 aromatic heterocycles. The zero-order chi connectivity index (χ0) is 32.5. The Morgan fingerprint density at radius 1 is 0.860 bits per heavy atom. The zero-order valence-corrected chi connectivity index (χ0v) is 27.4. The van der Waals surface area contributed by atoms with Gasteiger partial charge in [0.2, 0.25) is 11.8 Å². The molecule has 0 saturated heterocycles. The van der Waals surface area contributed by atoms with E-state index in [-0.39, 0.29) is 19.0 Å². The summed E-state index contributed by atoms with van der Waals surface area (Å²) in [6, 6.07) is 12.6. The highest BCUT2D eigenvalue weighted by atomic mass is 16.6. The summed E-state index contributed by atoms with van der Waals surface area (Å²) in [5.74, 6) is -1.56. The van der Waals surface area contributed by atoms with Crippen LogP contribution in [0.25, 0.3) is 0 Å². The van der Waals surface area contributed by atoms with Crippen molar-refractivity contribution in [3.8, 4) is 0 Å². The fraction of sp³-hybridized carbons (Fsp3) is 0.529. The van der Waals surface area contributed by atoms with Crippen LogP contribution < -0.4 is 10.6 Å². The van der Waals surface area contributed by atoms with E-state index in [1.807, 2.05) is 76.2 Å². The molecule has 0 radical (unpaired) electrons. The molecule has 0 heterocycles. The Morgan fingerprint density at radius 3 is 1.93 bits per heavy atom. The van der Waals surface area contributed by atoms with Crippen LogP contribution >= 0.6 is 0 Å². The molecule has 9 heteroatoms. The van der Waals surface area contributed by atoms with Crippen LogP contribution in [0, 0.1) is 13.8 Å². The third-order valence-corrected chi connectivity index (χ3v) is 6.51. The maximum absolute atomic E-state index is 14.3. The molecular weight excluding hydrogens is 546 g/mol. The number of nitrogens with one attached hydrogen (secondary N) is 2. The molecule has 2 aromatic carbocycles. The molecule has 0 saturated carbocycles. The quantitative estimate of drug-likeness (QED) is 0.329. The summed E-state index contributed by atoms with van der Waals surface area (Å²) in [7, 11) is 0. The number of hydrogen-bond donors (Lipinski definition) is 2. The predicted molar refractivity (Wildman–Crippen MR) is 167 cm³/mol. The molecule has 3 atom stereocenters. The van der Waals surface area contributed by atoms with Crippen LogP contribution in [-0.2, 0) is 30.3 Å². The molecule has 3 amide bonds. The van der Waals surface area contributed by atoms with Crippen molar-refractivity contribution in [3.63, 3.8) is 0 Å². The van der Waals surface area contributed by atoms with E-state index in [4.69, 9.17) is 9.47 Å². The van der Waals surface area contributed by atoms with E-state index < -0.39 is 47.2 Å². The van der Waals surface area contributed by atoms with E-state index in [0.29, 0.717) is 12.0 Å². The summed E-state index contributed by atoms with van der Waals surface area (Å²) in [6.07, 6.45) is 0.0235. The number of benzene rings is 2. The molecule has 0 aliphatic heterocycles. The molecule has 9 nitrogen and oxygen atoms in total. The van der Waals surface area contributed by atoms with Gasteiger partial charge in [0.15, 0.2) is 0 Å². The summed E-state index contributed by atoms with van der Waals surface area (Å²) in [4.78, 5) is 55.3. The van der Waals surface area contributed by atoms with Crippen molar-refractivity contribution in [2.45, 2.75) is 111 Å². The van der Waals surface area contributed by atoms with E-state index in [1.165, 1.54) is 4.90 Å². The molecular formula is C34H49N3O6. The second-order valence-electron chi connectivity index (χ2n) is 13.0. The summed E-state index contributed by atoms with van der Waals surface area (Å²) in [5, 5.41) is 5.44. The molecule has 0 aliphatic rings. The molecule has 43 heavy (non-hydrogen) atoms. The highest BCUT2D eigenvalue weighted by Crippen LogP contribution is 2.28. The average Bonchev–Trinajstić information content (AvgIpc) is 2.87. The molecule has 0 bridgehead atoms. The maximum atomic E-state index is 14.3. The number of alkyl carbamates (subject to hydrolysis) is 1. The van der Waals surface area contributed by atoms with Gasteiger partial charge in [-0.2, -0.15) is 0 Å². The summed E-state index contributed by atoms with van der Waals surface area (Å²) < 4.78 is 11.0. The normalized spacial score (nSPS) is 13.7. The van der Waals surface area contributed by atoms with Crippen molar-refractivity contribution in [1.29, 1.82) is 0 Å². The monoisotopic (exact) mass is 595 g/mol. The number of rotatable bonds is 11. The van der Waals surface area contributed by atoms with Crippen molar-refractivity contribution >= 4 is 23.9 Å². The van der Waals surface area contributed by atoms with Gasteiger partial charge in [-0.1, -0.05) is 66.6 Å². The van der Waals surface area contributed by atoms with E-state index >= 15 is 0 Å². The van der Waals surface area contributed by atoms with E-state index in [0.717, 1.165) is 16.7 Å². The van der Waals surface area contributed by atoms with Gasteiger partial charge < -0.3 is 25.0 Å². The van der Waals surface area contributed by atoms with Gasteiger partial charge in [0.1, 0.15) is 29.8 Å². The van der Waals surface area contributed by atoms with Crippen LogP contribution in [-0.4, -0.2) is 58.6 Å². The number of carbonyl (C=O) groups excluding carboxylic acids is 4. The average molecular weight is 596 g/mol. The molecule has 2 aromatic rings. The molecule has 0 spiro atoms. The van der Waals surface area contributed by atoms with Gasteiger partial charge in [0, 0.05) is 12.5 Å². The Bertz CT molecular complexity index is 1240. The number of amides is 3. The minimum absolute atomic E-state index is 0.207. The lowest BCUT2D eigenvalue weighted by Crippen LogP contribution is -2.54. The van der Waals surface area contributed by atoms with Crippen molar-refractivity contribution in [2.75, 3.05) is 6.54 Å². The topological polar surface area (TPSA) is 114 Å². The lowest BCUT2D eigenvalue weighted by Gasteiger charge is -2.37. The van der Waals surface area contributed by atoms with Gasteiger partial charge in [-0.25, -0.2) is 9.59 Å². The Labute approximate surface area is 256 Å². The first kappa shape index (κ1) is 35.3. The number of carbonyl (C=O) groups is 4. The van der Waals surface area contributed by atoms with Crippen molar-refractivity contribution in [1.82, 2.24) is 15.5 Å². The van der Waals surface area contributed by atoms with Gasteiger partial charge in [-0.3, -0.25) is 9.59 Å². The third kappa shape index (κ3) is 11.7. The highest BCUT2D eigenvalue weighted by molar-refractivity contribution is 5.93. The first-order chi connectivity index (χ1) is 19.9. The lowest BCUT2D eigenvalue weighted by molar-refractivity contribution is -0.159.